The van der Waals surface area contributed by atoms with Crippen LogP contribution in [0.25, 0.3) is 10.9 Å². The van der Waals surface area contributed by atoms with Crippen molar-refractivity contribution in [3.05, 3.63) is 88.1 Å². The Labute approximate surface area is 237 Å². The maximum Gasteiger partial charge on any atom is 0.255 e. The Morgan fingerprint density at radius 2 is 1.65 bits per heavy atom. The number of ether oxygens (including phenoxy) is 3. The van der Waals surface area contributed by atoms with Crippen LogP contribution in [0.15, 0.2) is 60.7 Å². The highest BCUT2D eigenvalue weighted by molar-refractivity contribution is 6.31. The number of H-pyrrole nitrogens is 1. The number of hydrogen-bond donors (Lipinski definition) is 1. The Morgan fingerprint density at radius 1 is 0.975 bits per heavy atom. The lowest BCUT2D eigenvalue weighted by atomic mass is 9.76. The summed E-state index contributed by atoms with van der Waals surface area (Å²) in [6, 6.07) is 19.3. The van der Waals surface area contributed by atoms with Crippen molar-refractivity contribution >= 4 is 34.3 Å². The van der Waals surface area contributed by atoms with Crippen LogP contribution in [0.2, 0.25) is 5.02 Å². The Bertz CT molecular complexity index is 1620. The highest BCUT2D eigenvalue weighted by Gasteiger charge is 2.56. The number of benzene rings is 3. The Balaban J connectivity index is 1.47. The largest absolute Gasteiger partial charge is 0.493 e. The lowest BCUT2D eigenvalue weighted by molar-refractivity contribution is -0.166. The van der Waals surface area contributed by atoms with Gasteiger partial charge in [-0.15, -0.1) is 0 Å². The van der Waals surface area contributed by atoms with Crippen LogP contribution < -0.4 is 14.2 Å². The van der Waals surface area contributed by atoms with Crippen LogP contribution >= 0.6 is 11.6 Å². The monoisotopic (exact) mass is 559 g/mol. The zero-order valence-corrected chi connectivity index (χ0v) is 23.5. The molecular weight excluding hydrogens is 530 g/mol. The number of nitrogens with one attached hydrogen (secondary N) is 1. The van der Waals surface area contributed by atoms with Crippen molar-refractivity contribution in [1.82, 2.24) is 14.8 Å². The summed E-state index contributed by atoms with van der Waals surface area (Å²) < 4.78 is 16.5. The van der Waals surface area contributed by atoms with Crippen LogP contribution in [0.3, 0.4) is 0 Å². The van der Waals surface area contributed by atoms with E-state index in [1.807, 2.05) is 49.4 Å². The molecule has 2 aliphatic rings. The first-order valence-corrected chi connectivity index (χ1v) is 13.4. The summed E-state index contributed by atoms with van der Waals surface area (Å²) in [6.07, 6.45) is 0. The number of piperazine rings is 1. The van der Waals surface area contributed by atoms with Gasteiger partial charge in [0.25, 0.3) is 5.91 Å². The predicted molar refractivity (Wildman–Crippen MR) is 152 cm³/mol. The molecule has 4 aromatic rings. The highest BCUT2D eigenvalue weighted by Crippen LogP contribution is 2.49. The molecule has 0 unspecified atom stereocenters. The van der Waals surface area contributed by atoms with Crippen LogP contribution in [-0.4, -0.2) is 61.0 Å². The number of methoxy groups -OCH3 is 3. The van der Waals surface area contributed by atoms with Crippen LogP contribution in [0.5, 0.6) is 17.2 Å². The van der Waals surface area contributed by atoms with Crippen molar-refractivity contribution in [2.24, 2.45) is 0 Å². The zero-order chi connectivity index (χ0) is 28.2. The van der Waals surface area contributed by atoms with Gasteiger partial charge in [-0.25, -0.2) is 0 Å². The van der Waals surface area contributed by atoms with Gasteiger partial charge in [0, 0.05) is 34.9 Å². The summed E-state index contributed by atoms with van der Waals surface area (Å²) in [5.41, 5.74) is 3.10. The number of rotatable bonds is 6. The minimum Gasteiger partial charge on any atom is -0.493 e. The Kier molecular flexibility index (Phi) is 6.38. The van der Waals surface area contributed by atoms with Gasteiger partial charge in [0.2, 0.25) is 11.7 Å². The Morgan fingerprint density at radius 3 is 2.33 bits per heavy atom. The van der Waals surface area contributed by atoms with Crippen LogP contribution in [0.1, 0.15) is 35.2 Å². The SMILES string of the molecule is COc1cc(CN2CC(=O)N3C[C@@H](c4ccccc4Cl)c4c([nH]c5ccccc45)[C@@]3(C)C2=O)cc(OC)c1OC. The van der Waals surface area contributed by atoms with E-state index in [0.29, 0.717) is 28.8 Å². The topological polar surface area (TPSA) is 84.1 Å². The summed E-state index contributed by atoms with van der Waals surface area (Å²) >= 11 is 6.68. The number of carbonyl (C=O) groups excluding carboxylic acids is 2. The van der Waals surface area contributed by atoms with Crippen molar-refractivity contribution in [1.29, 1.82) is 0 Å². The molecule has 206 valence electrons. The maximum absolute atomic E-state index is 14.4. The van der Waals surface area contributed by atoms with Crippen molar-refractivity contribution in [2.75, 3.05) is 34.4 Å². The van der Waals surface area contributed by atoms with Crippen molar-refractivity contribution in [3.8, 4) is 17.2 Å². The van der Waals surface area contributed by atoms with Gasteiger partial charge >= 0.3 is 0 Å². The third-order valence-electron chi connectivity index (χ3n) is 8.20. The smallest absolute Gasteiger partial charge is 0.255 e. The average Bonchev–Trinajstić information content (AvgIpc) is 3.36. The van der Waals surface area contributed by atoms with Gasteiger partial charge in [-0.3, -0.25) is 9.59 Å². The molecule has 1 fully saturated rings. The van der Waals surface area contributed by atoms with Gasteiger partial charge in [0.15, 0.2) is 17.0 Å². The van der Waals surface area contributed by atoms with Gasteiger partial charge in [-0.2, -0.15) is 0 Å². The third-order valence-corrected chi connectivity index (χ3v) is 8.54. The molecular formula is C31H30ClN3O5. The predicted octanol–water partition coefficient (Wildman–Crippen LogP) is 5.08. The molecule has 9 heteroatoms. The van der Waals surface area contributed by atoms with Crippen molar-refractivity contribution in [3.63, 3.8) is 0 Å². The second kappa shape index (κ2) is 9.78. The zero-order valence-electron chi connectivity index (χ0n) is 22.8. The van der Waals surface area contributed by atoms with E-state index in [9.17, 15) is 9.59 Å². The summed E-state index contributed by atoms with van der Waals surface area (Å²) in [4.78, 5) is 35.1. The molecule has 3 aromatic carbocycles. The summed E-state index contributed by atoms with van der Waals surface area (Å²) in [7, 11) is 4.63. The van der Waals surface area contributed by atoms with E-state index in [4.69, 9.17) is 25.8 Å². The second-order valence-corrected chi connectivity index (χ2v) is 10.7. The molecule has 8 nitrogen and oxygen atoms in total. The molecule has 1 N–H and O–H groups in total. The van der Waals surface area contributed by atoms with E-state index < -0.39 is 5.54 Å². The number of nitrogens with zero attached hydrogens (tertiary/aromatic N) is 2. The quantitative estimate of drug-likeness (QED) is 0.356. The molecule has 3 heterocycles. The number of hydrogen-bond acceptors (Lipinski definition) is 5. The molecule has 2 amide bonds. The van der Waals surface area contributed by atoms with E-state index >= 15 is 0 Å². The molecule has 1 saturated heterocycles. The first-order valence-electron chi connectivity index (χ1n) is 13.1. The van der Waals surface area contributed by atoms with Crippen LogP contribution in [0, 0.1) is 0 Å². The van der Waals surface area contributed by atoms with Gasteiger partial charge in [-0.05, 0) is 47.9 Å². The standard InChI is InChI=1S/C31H30ClN3O5/c1-31-29-27(20-10-6-8-12-23(20)33-29)21(19-9-5-7-11-22(19)32)16-35(31)26(36)17-34(30(31)37)15-18-13-24(38-2)28(40-4)25(14-18)39-3/h5-14,21,33H,15-17H2,1-4H3/t21-,31-/m0/s1. The van der Waals surface area contributed by atoms with E-state index in [1.54, 1.807) is 43.3 Å². The lowest BCUT2D eigenvalue weighted by Crippen LogP contribution is -2.67. The number of para-hydroxylation sites is 1. The average molecular weight is 560 g/mol. The fourth-order valence-electron chi connectivity index (χ4n) is 6.29. The molecule has 0 bridgehead atoms. The Hall–Kier alpha value is -4.17. The van der Waals surface area contributed by atoms with Gasteiger partial charge in [0.05, 0.1) is 27.0 Å². The second-order valence-electron chi connectivity index (χ2n) is 10.3. The fraction of sp³-hybridized carbons (Fsp3) is 0.290. The molecule has 0 saturated carbocycles. The van der Waals surface area contributed by atoms with Gasteiger partial charge in [0.1, 0.15) is 6.54 Å². The normalized spacial score (nSPS) is 20.4. The third kappa shape index (κ3) is 3.81. The van der Waals surface area contributed by atoms with Crippen molar-refractivity contribution in [2.45, 2.75) is 24.9 Å². The molecule has 0 radical (unpaired) electrons. The van der Waals surface area contributed by atoms with E-state index in [-0.39, 0.29) is 30.8 Å². The molecule has 2 aliphatic heterocycles. The summed E-state index contributed by atoms with van der Waals surface area (Å²) in [5, 5.41) is 1.65. The molecule has 1 aromatic heterocycles. The molecule has 40 heavy (non-hydrogen) atoms. The first-order chi connectivity index (χ1) is 19.3. The molecule has 0 aliphatic carbocycles. The van der Waals surface area contributed by atoms with E-state index in [2.05, 4.69) is 11.1 Å². The fourth-order valence-corrected chi connectivity index (χ4v) is 6.56. The lowest BCUT2D eigenvalue weighted by Gasteiger charge is -2.51. The number of aromatic amines is 1. The number of amides is 2. The minimum absolute atomic E-state index is 0.0457. The molecule has 0 spiro atoms. The minimum atomic E-state index is -1.22. The first kappa shape index (κ1) is 26.1. The highest BCUT2D eigenvalue weighted by atomic mass is 35.5. The number of halogens is 1. The van der Waals surface area contributed by atoms with Crippen LogP contribution in [-0.2, 0) is 21.7 Å². The molecule has 6 rings (SSSR count). The number of fused-ring (bicyclic) bond motifs is 5. The number of aromatic nitrogens is 1. The van der Waals surface area contributed by atoms with Crippen LogP contribution in [0.4, 0.5) is 0 Å². The molecule has 2 atom stereocenters. The van der Waals surface area contributed by atoms with Crippen molar-refractivity contribution < 1.29 is 23.8 Å². The number of carbonyl (C=O) groups is 2. The van der Waals surface area contributed by atoms with Gasteiger partial charge < -0.3 is 29.0 Å². The summed E-state index contributed by atoms with van der Waals surface area (Å²) in [6.45, 7) is 2.34. The maximum atomic E-state index is 14.4. The summed E-state index contributed by atoms with van der Waals surface area (Å²) in [5.74, 6) is 0.958. The van der Waals surface area contributed by atoms with E-state index in [0.717, 1.165) is 33.3 Å². The van der Waals surface area contributed by atoms with Gasteiger partial charge in [-0.1, -0.05) is 48.0 Å². The van der Waals surface area contributed by atoms with E-state index in [1.165, 1.54) is 0 Å².